The first-order valence-electron chi connectivity index (χ1n) is 8.85. The highest BCUT2D eigenvalue weighted by molar-refractivity contribution is 7.49. The number of hydrogen-bond donors (Lipinski definition) is 3. The number of nitrogens with one attached hydrogen (secondary N) is 3. The topological polar surface area (TPSA) is 132 Å². The Morgan fingerprint density at radius 3 is 1.00 bits per heavy atom. The zero-order chi connectivity index (χ0) is 22.9. The van der Waals surface area contributed by atoms with Gasteiger partial charge in [0.1, 0.15) is 0 Å². The van der Waals surface area contributed by atoms with Gasteiger partial charge in [-0.15, -0.1) is 0 Å². The van der Waals surface area contributed by atoms with Crippen LogP contribution in [0.2, 0.25) is 0 Å². The zero-order valence-electron chi connectivity index (χ0n) is 17.7. The lowest BCUT2D eigenvalue weighted by molar-refractivity contribution is -0.120. The van der Waals surface area contributed by atoms with E-state index < -0.39 is 42.8 Å². The fraction of sp³-hybridized carbons (Fsp3) is 0.500. The molecule has 0 saturated heterocycles. The van der Waals surface area contributed by atoms with E-state index in [1.807, 2.05) is 0 Å². The molecule has 0 saturated carbocycles. The average Bonchev–Trinajstić information content (AvgIpc) is 2.52. The van der Waals surface area contributed by atoms with E-state index in [0.29, 0.717) is 0 Å². The van der Waals surface area contributed by atoms with E-state index in [1.165, 1.54) is 0 Å². The predicted molar refractivity (Wildman–Crippen MR) is 108 cm³/mol. The van der Waals surface area contributed by atoms with E-state index in [0.717, 1.165) is 0 Å². The van der Waals surface area contributed by atoms with Gasteiger partial charge >= 0.3 is 7.82 Å². The quantitative estimate of drug-likeness (QED) is 0.245. The molecule has 0 rings (SSSR count). The monoisotopic (exact) mass is 431 g/mol. The van der Waals surface area contributed by atoms with Crippen molar-refractivity contribution in [2.75, 3.05) is 0 Å². The normalized spacial score (nSPS) is 10.9. The average molecular weight is 431 g/mol. The summed E-state index contributed by atoms with van der Waals surface area (Å²) < 4.78 is 28.0. The van der Waals surface area contributed by atoms with Crippen molar-refractivity contribution in [2.24, 2.45) is 0 Å². The Hall–Kier alpha value is -2.74. The molecule has 10 nitrogen and oxygen atoms in total. The summed E-state index contributed by atoms with van der Waals surface area (Å²) >= 11 is 0. The number of carbonyl (C=O) groups excluding carboxylic acids is 3. The van der Waals surface area contributed by atoms with Crippen molar-refractivity contribution in [1.29, 1.82) is 0 Å². The van der Waals surface area contributed by atoms with Crippen LogP contribution in [0, 0.1) is 0 Å². The van der Waals surface area contributed by atoms with E-state index in [1.54, 1.807) is 41.5 Å². The Labute approximate surface area is 171 Å². The fourth-order valence-electron chi connectivity index (χ4n) is 1.61. The van der Waals surface area contributed by atoms with Crippen molar-refractivity contribution in [1.82, 2.24) is 16.0 Å². The molecule has 0 aliphatic carbocycles. The smallest absolute Gasteiger partial charge is 0.381 e. The molecule has 0 bridgehead atoms. The maximum Gasteiger partial charge on any atom is 0.647 e. The minimum absolute atomic E-state index is 0.261. The molecule has 0 unspecified atom stereocenters. The summed E-state index contributed by atoms with van der Waals surface area (Å²) in [5.74, 6) is -4.21. The molecule has 3 amide bonds. The molecule has 0 heterocycles. The van der Waals surface area contributed by atoms with Gasteiger partial charge in [0.25, 0.3) is 17.7 Å². The van der Waals surface area contributed by atoms with Crippen LogP contribution in [0.3, 0.4) is 0 Å². The van der Waals surface area contributed by atoms with E-state index >= 15 is 0 Å². The Kier molecular flexibility index (Phi) is 10.2. The number of phosphoric acid groups is 1. The molecule has 164 valence electrons. The molecule has 0 aliphatic rings. The molecule has 0 aromatic carbocycles. The van der Waals surface area contributed by atoms with Crippen molar-refractivity contribution in [3.63, 3.8) is 0 Å². The SMILES string of the molecule is C=C(OP(=O)(OC(=C)C(=O)NC(C)C)OC(=C)C(=O)NC(C)C)C(=O)NC(C)C. The highest BCUT2D eigenvalue weighted by Gasteiger charge is 2.38. The molecule has 3 N–H and O–H groups in total. The van der Waals surface area contributed by atoms with Gasteiger partial charge in [-0.05, 0) is 41.5 Å². The second kappa shape index (κ2) is 11.3. The van der Waals surface area contributed by atoms with Crippen molar-refractivity contribution in [3.05, 3.63) is 37.0 Å². The minimum Gasteiger partial charge on any atom is -0.381 e. The van der Waals surface area contributed by atoms with Crippen LogP contribution in [0.15, 0.2) is 37.0 Å². The lowest BCUT2D eigenvalue weighted by atomic mass is 10.4. The molecule has 11 heteroatoms. The Bertz CT molecular complexity index is 634. The second-order valence-corrected chi connectivity index (χ2v) is 8.32. The molecule has 0 fully saturated rings. The molecule has 0 aliphatic heterocycles. The highest BCUT2D eigenvalue weighted by atomic mass is 31.2. The molecule has 0 aromatic heterocycles. The van der Waals surface area contributed by atoms with E-state index in [-0.39, 0.29) is 18.1 Å². The maximum atomic E-state index is 13.0. The zero-order valence-corrected chi connectivity index (χ0v) is 18.6. The molecule has 0 aromatic rings. The lowest BCUT2D eigenvalue weighted by Gasteiger charge is -2.22. The van der Waals surface area contributed by atoms with Crippen LogP contribution in [-0.4, -0.2) is 35.8 Å². The maximum absolute atomic E-state index is 13.0. The molecule has 0 radical (unpaired) electrons. The third kappa shape index (κ3) is 10.4. The van der Waals surface area contributed by atoms with E-state index in [9.17, 15) is 18.9 Å². The molecular weight excluding hydrogens is 401 g/mol. The molecular formula is C18H30N3O7P. The summed E-state index contributed by atoms with van der Waals surface area (Å²) in [4.78, 5) is 36.0. The Morgan fingerprint density at radius 1 is 0.621 bits per heavy atom. The molecule has 29 heavy (non-hydrogen) atoms. The summed E-state index contributed by atoms with van der Waals surface area (Å²) in [5, 5.41) is 7.41. The van der Waals surface area contributed by atoms with Gasteiger partial charge in [-0.2, -0.15) is 4.57 Å². The van der Waals surface area contributed by atoms with Gasteiger partial charge < -0.3 is 29.5 Å². The van der Waals surface area contributed by atoms with Gasteiger partial charge in [-0.3, -0.25) is 14.4 Å². The van der Waals surface area contributed by atoms with Crippen LogP contribution in [0.4, 0.5) is 0 Å². The summed E-state index contributed by atoms with van der Waals surface area (Å²) in [5.41, 5.74) is 0. The van der Waals surface area contributed by atoms with Gasteiger partial charge in [0.15, 0.2) is 17.3 Å². The second-order valence-electron chi connectivity index (χ2n) is 6.88. The van der Waals surface area contributed by atoms with Crippen molar-refractivity contribution in [2.45, 2.75) is 59.7 Å². The van der Waals surface area contributed by atoms with Crippen LogP contribution < -0.4 is 16.0 Å². The summed E-state index contributed by atoms with van der Waals surface area (Å²) in [7, 11) is -4.76. The summed E-state index contributed by atoms with van der Waals surface area (Å²) in [6.07, 6.45) is 0. The van der Waals surface area contributed by atoms with Crippen LogP contribution in [0.1, 0.15) is 41.5 Å². The van der Waals surface area contributed by atoms with Crippen molar-refractivity contribution >= 4 is 25.5 Å². The van der Waals surface area contributed by atoms with Gasteiger partial charge in [0, 0.05) is 18.1 Å². The number of carbonyl (C=O) groups is 3. The predicted octanol–water partition coefficient (Wildman–Crippen LogP) is 2.26. The van der Waals surface area contributed by atoms with Gasteiger partial charge in [0.2, 0.25) is 0 Å². The number of amides is 3. The van der Waals surface area contributed by atoms with Crippen molar-refractivity contribution in [3.8, 4) is 0 Å². The largest absolute Gasteiger partial charge is 0.647 e. The summed E-state index contributed by atoms with van der Waals surface area (Å²) in [6, 6.07) is -0.784. The van der Waals surface area contributed by atoms with Gasteiger partial charge in [0.05, 0.1) is 0 Å². The number of rotatable bonds is 12. The van der Waals surface area contributed by atoms with Gasteiger partial charge in [-0.1, -0.05) is 19.7 Å². The highest BCUT2D eigenvalue weighted by Crippen LogP contribution is 2.54. The van der Waals surface area contributed by atoms with E-state index in [2.05, 4.69) is 35.7 Å². The standard InChI is InChI=1S/C18H30N3O7P/c1-10(2)19-16(22)13(7)26-29(25,27-14(8)17(23)20-11(3)4)28-15(9)18(24)21-12(5)6/h10-12H,7-9H2,1-6H3,(H,19,22)(H,20,23)(H,21,24). The Balaban J connectivity index is 5.53. The van der Waals surface area contributed by atoms with Crippen LogP contribution in [0.25, 0.3) is 0 Å². The first-order valence-corrected chi connectivity index (χ1v) is 10.3. The minimum atomic E-state index is -4.76. The first-order chi connectivity index (χ1) is 13.2. The van der Waals surface area contributed by atoms with Crippen LogP contribution in [0.5, 0.6) is 0 Å². The molecule has 0 spiro atoms. The van der Waals surface area contributed by atoms with Crippen LogP contribution in [-0.2, 0) is 32.5 Å². The number of hydrogen-bond acceptors (Lipinski definition) is 7. The third-order valence-corrected chi connectivity index (χ3v) is 4.02. The number of phosphoric ester groups is 1. The molecule has 0 atom stereocenters. The fourth-order valence-corrected chi connectivity index (χ4v) is 2.78. The third-order valence-electron chi connectivity index (χ3n) is 2.69. The van der Waals surface area contributed by atoms with Crippen molar-refractivity contribution < 1.29 is 32.5 Å². The lowest BCUT2D eigenvalue weighted by Crippen LogP contribution is -2.33. The van der Waals surface area contributed by atoms with Gasteiger partial charge in [-0.25, -0.2) is 0 Å². The first kappa shape index (κ1) is 26.3. The van der Waals surface area contributed by atoms with Crippen LogP contribution >= 0.6 is 7.82 Å². The van der Waals surface area contributed by atoms with E-state index in [4.69, 9.17) is 13.6 Å². The Morgan fingerprint density at radius 2 is 0.828 bits per heavy atom. The summed E-state index contributed by atoms with van der Waals surface area (Å²) in [6.45, 7) is 20.2.